The predicted octanol–water partition coefficient (Wildman–Crippen LogP) is 3.00. The Hall–Kier alpha value is -1.86. The van der Waals surface area contributed by atoms with Crippen molar-refractivity contribution in [2.24, 2.45) is 10.9 Å². The van der Waals surface area contributed by atoms with E-state index in [1.54, 1.807) is 7.05 Å². The fraction of sp³-hybridized carbons (Fsp3) is 0.667. The number of benzene rings is 1. The Balaban J connectivity index is 1.30. The molecule has 1 aromatic rings. The summed E-state index contributed by atoms with van der Waals surface area (Å²) in [6.45, 7) is 1.35. The molecule has 3 fully saturated rings. The van der Waals surface area contributed by atoms with E-state index < -0.39 is 6.43 Å². The minimum Gasteiger partial charge on any atom is -0.347 e. The van der Waals surface area contributed by atoms with Crippen LogP contribution in [-0.4, -0.2) is 68.3 Å². The summed E-state index contributed by atoms with van der Waals surface area (Å²) in [5, 5.41) is 6.63. The minimum atomic E-state index is -2.25. The van der Waals surface area contributed by atoms with Crippen LogP contribution in [0.3, 0.4) is 0 Å². The third-order valence-corrected chi connectivity index (χ3v) is 7.19. The molecule has 1 saturated carbocycles. The van der Waals surface area contributed by atoms with E-state index in [-0.39, 0.29) is 24.5 Å². The van der Waals surface area contributed by atoms with E-state index in [1.807, 2.05) is 11.1 Å². The number of halogens is 2. The van der Waals surface area contributed by atoms with Gasteiger partial charge in [0, 0.05) is 19.3 Å². The van der Waals surface area contributed by atoms with E-state index >= 15 is 0 Å². The molecule has 4 atom stereocenters. The maximum atomic E-state index is 12.8. The fourth-order valence-electron chi connectivity index (χ4n) is 5.57. The number of nitrogens with zero attached hydrogens (tertiary/aromatic N) is 2. The third-order valence-electron chi connectivity index (χ3n) is 7.19. The van der Waals surface area contributed by atoms with E-state index in [0.717, 1.165) is 44.3 Å². The summed E-state index contributed by atoms with van der Waals surface area (Å²) in [5.74, 6) is 0.986. The lowest BCUT2D eigenvalue weighted by Gasteiger charge is -2.32. The van der Waals surface area contributed by atoms with Crippen LogP contribution in [0.5, 0.6) is 0 Å². The van der Waals surface area contributed by atoms with Crippen molar-refractivity contribution < 1.29 is 13.6 Å². The van der Waals surface area contributed by atoms with Gasteiger partial charge in [0.25, 0.3) is 6.43 Å². The van der Waals surface area contributed by atoms with Gasteiger partial charge in [-0.2, -0.15) is 0 Å². The number of amides is 1. The Kier molecular flexibility index (Phi) is 7.33. The first kappa shape index (κ1) is 22.3. The molecule has 170 valence electrons. The van der Waals surface area contributed by atoms with Gasteiger partial charge in [0.2, 0.25) is 5.91 Å². The molecule has 31 heavy (non-hydrogen) atoms. The predicted molar refractivity (Wildman–Crippen MR) is 119 cm³/mol. The Morgan fingerprint density at radius 2 is 1.97 bits per heavy atom. The van der Waals surface area contributed by atoms with Gasteiger partial charge in [0.05, 0.1) is 18.6 Å². The maximum Gasteiger partial charge on any atom is 0.251 e. The van der Waals surface area contributed by atoms with E-state index in [0.29, 0.717) is 24.3 Å². The van der Waals surface area contributed by atoms with Gasteiger partial charge >= 0.3 is 0 Å². The van der Waals surface area contributed by atoms with E-state index in [1.165, 1.54) is 12.0 Å². The number of fused-ring (bicyclic) bond motifs is 2. The van der Waals surface area contributed by atoms with Crippen LogP contribution >= 0.6 is 0 Å². The molecule has 2 bridgehead atoms. The Labute approximate surface area is 183 Å². The summed E-state index contributed by atoms with van der Waals surface area (Å²) in [6, 6.07) is 8.88. The number of carbonyl (C=O) groups excluding carboxylic acids is 1. The fourth-order valence-corrected chi connectivity index (χ4v) is 5.57. The second kappa shape index (κ2) is 10.2. The summed E-state index contributed by atoms with van der Waals surface area (Å²) in [5.41, 5.74) is 2.43. The molecule has 0 radical (unpaired) electrons. The standard InChI is InChI=1S/C24H34F2N4O/c1-27-14-21(29-24(31)23-19-6-7-20(13-19)28-23)12-16-2-4-17(5-3-16)18-8-10-30(11-9-18)15-22(25)26/h2-5,14,18-23,28H,6-13,15H2,1H3,(H,29,31)/t19-,20+,21-,23-/m0/s1. The quantitative estimate of drug-likeness (QED) is 0.621. The number of hydrogen-bond acceptors (Lipinski definition) is 4. The van der Waals surface area contributed by atoms with Crippen molar-refractivity contribution in [1.29, 1.82) is 0 Å². The average Bonchev–Trinajstić information content (AvgIpc) is 3.38. The highest BCUT2D eigenvalue weighted by atomic mass is 19.3. The molecule has 0 spiro atoms. The number of carbonyl (C=O) groups is 1. The van der Waals surface area contributed by atoms with Crippen LogP contribution in [-0.2, 0) is 11.2 Å². The van der Waals surface area contributed by atoms with Crippen LogP contribution in [0.1, 0.15) is 49.1 Å². The first-order chi connectivity index (χ1) is 15.0. The topological polar surface area (TPSA) is 56.7 Å². The van der Waals surface area contributed by atoms with E-state index in [4.69, 9.17) is 0 Å². The highest BCUT2D eigenvalue weighted by Gasteiger charge is 2.42. The van der Waals surface area contributed by atoms with Gasteiger partial charge in [-0.25, -0.2) is 8.78 Å². The largest absolute Gasteiger partial charge is 0.347 e. The van der Waals surface area contributed by atoms with Crippen molar-refractivity contribution in [2.75, 3.05) is 26.7 Å². The second-order valence-electron chi connectivity index (χ2n) is 9.35. The Bertz CT molecular complexity index is 761. The van der Waals surface area contributed by atoms with Crippen molar-refractivity contribution in [3.05, 3.63) is 35.4 Å². The molecular weight excluding hydrogens is 398 g/mol. The summed E-state index contributed by atoms with van der Waals surface area (Å²) in [6.07, 6.45) is 5.56. The third kappa shape index (κ3) is 5.69. The van der Waals surface area contributed by atoms with Crippen molar-refractivity contribution in [3.63, 3.8) is 0 Å². The van der Waals surface area contributed by atoms with Crippen molar-refractivity contribution in [1.82, 2.24) is 15.5 Å². The smallest absolute Gasteiger partial charge is 0.251 e. The SMILES string of the molecule is CN=C[C@H](Cc1ccc(C2CCN(CC(F)F)CC2)cc1)NC(=O)[C@H]1N[C@@H]2CC[C@H]1C2. The molecule has 2 N–H and O–H groups in total. The van der Waals surface area contributed by atoms with Gasteiger partial charge < -0.3 is 10.6 Å². The minimum absolute atomic E-state index is 0.0650. The normalized spacial score (nSPS) is 27.9. The van der Waals surface area contributed by atoms with Crippen molar-refractivity contribution >= 4 is 12.1 Å². The van der Waals surface area contributed by atoms with Gasteiger partial charge in [0.15, 0.2) is 0 Å². The van der Waals surface area contributed by atoms with Gasteiger partial charge in [-0.3, -0.25) is 14.7 Å². The highest BCUT2D eigenvalue weighted by Crippen LogP contribution is 2.35. The van der Waals surface area contributed by atoms with Gasteiger partial charge in [0.1, 0.15) is 0 Å². The summed E-state index contributed by atoms with van der Waals surface area (Å²) in [7, 11) is 1.73. The monoisotopic (exact) mass is 432 g/mol. The molecule has 7 heteroatoms. The second-order valence-corrected chi connectivity index (χ2v) is 9.35. The summed E-state index contributed by atoms with van der Waals surface area (Å²) < 4.78 is 25.1. The lowest BCUT2D eigenvalue weighted by Crippen LogP contribution is -2.51. The van der Waals surface area contributed by atoms with E-state index in [2.05, 4.69) is 39.9 Å². The molecule has 3 aliphatic rings. The van der Waals surface area contributed by atoms with Gasteiger partial charge in [-0.15, -0.1) is 0 Å². The molecule has 5 nitrogen and oxygen atoms in total. The number of rotatable bonds is 8. The van der Waals surface area contributed by atoms with Gasteiger partial charge in [-0.05, 0) is 74.6 Å². The number of alkyl halides is 2. The van der Waals surface area contributed by atoms with Crippen LogP contribution in [0.15, 0.2) is 29.3 Å². The van der Waals surface area contributed by atoms with Crippen LogP contribution < -0.4 is 10.6 Å². The van der Waals surface area contributed by atoms with Gasteiger partial charge in [-0.1, -0.05) is 24.3 Å². The van der Waals surface area contributed by atoms with Crippen LogP contribution in [0.4, 0.5) is 8.78 Å². The highest BCUT2D eigenvalue weighted by molar-refractivity contribution is 5.86. The molecule has 1 aliphatic carbocycles. The lowest BCUT2D eigenvalue weighted by atomic mass is 9.88. The lowest BCUT2D eigenvalue weighted by molar-refractivity contribution is -0.124. The zero-order chi connectivity index (χ0) is 21.8. The summed E-state index contributed by atoms with van der Waals surface area (Å²) in [4.78, 5) is 18.8. The van der Waals surface area contributed by atoms with Crippen LogP contribution in [0, 0.1) is 5.92 Å². The molecule has 0 aromatic heterocycles. The average molecular weight is 433 g/mol. The number of piperidine rings is 2. The van der Waals surface area contributed by atoms with E-state index in [9.17, 15) is 13.6 Å². The molecule has 1 aromatic carbocycles. The maximum absolute atomic E-state index is 12.8. The molecule has 4 rings (SSSR count). The number of likely N-dealkylation sites (tertiary alicyclic amines) is 1. The number of hydrogen-bond donors (Lipinski definition) is 2. The molecule has 2 saturated heterocycles. The molecule has 0 unspecified atom stereocenters. The zero-order valence-corrected chi connectivity index (χ0v) is 18.3. The molecule has 2 aliphatic heterocycles. The first-order valence-electron chi connectivity index (χ1n) is 11.6. The molecule has 1 amide bonds. The summed E-state index contributed by atoms with van der Waals surface area (Å²) >= 11 is 0. The van der Waals surface area contributed by atoms with Crippen LogP contribution in [0.2, 0.25) is 0 Å². The first-order valence-corrected chi connectivity index (χ1v) is 11.6. The molecular formula is C24H34F2N4O. The zero-order valence-electron chi connectivity index (χ0n) is 18.3. The number of nitrogens with one attached hydrogen (secondary N) is 2. The van der Waals surface area contributed by atoms with Crippen molar-refractivity contribution in [3.8, 4) is 0 Å². The molecule has 2 heterocycles. The van der Waals surface area contributed by atoms with Crippen LogP contribution in [0.25, 0.3) is 0 Å². The van der Waals surface area contributed by atoms with Crippen molar-refractivity contribution in [2.45, 2.75) is 69.0 Å². The Morgan fingerprint density at radius 1 is 1.23 bits per heavy atom. The Morgan fingerprint density at radius 3 is 2.55 bits per heavy atom. The number of aliphatic imine (C=N–C) groups is 1.